The van der Waals surface area contributed by atoms with Crippen molar-refractivity contribution in [3.63, 3.8) is 0 Å². The minimum atomic E-state index is -0.165. The van der Waals surface area contributed by atoms with Crippen molar-refractivity contribution in [2.24, 2.45) is 5.92 Å². The van der Waals surface area contributed by atoms with Crippen LogP contribution >= 0.6 is 0 Å². The third kappa shape index (κ3) is 3.49. The average molecular weight is 232 g/mol. The van der Waals surface area contributed by atoms with Gasteiger partial charge in [0.05, 0.1) is 19.1 Å². The van der Waals surface area contributed by atoms with Crippen molar-refractivity contribution in [2.75, 3.05) is 20.7 Å². The molecule has 0 aliphatic rings. The van der Waals surface area contributed by atoms with Crippen LogP contribution in [-0.4, -0.2) is 31.5 Å². The van der Waals surface area contributed by atoms with E-state index in [0.29, 0.717) is 12.1 Å². The Morgan fingerprint density at radius 3 is 2.53 bits per heavy atom. The molecule has 4 heteroatoms. The van der Waals surface area contributed by atoms with Crippen molar-refractivity contribution < 1.29 is 9.53 Å². The van der Waals surface area contributed by atoms with Crippen LogP contribution in [0.3, 0.4) is 0 Å². The van der Waals surface area contributed by atoms with Crippen molar-refractivity contribution in [3.05, 3.63) is 29.8 Å². The van der Waals surface area contributed by atoms with Gasteiger partial charge in [0.15, 0.2) is 0 Å². The summed E-state index contributed by atoms with van der Waals surface area (Å²) in [5, 5.41) is 8.70. The summed E-state index contributed by atoms with van der Waals surface area (Å²) in [4.78, 5) is 13.5. The summed E-state index contributed by atoms with van der Waals surface area (Å²) in [5.74, 6) is 0.464. The maximum atomic E-state index is 12.0. The minimum Gasteiger partial charge on any atom is -0.497 e. The summed E-state index contributed by atoms with van der Waals surface area (Å²) in [6, 6.07) is 9.03. The zero-order valence-corrected chi connectivity index (χ0v) is 10.3. The van der Waals surface area contributed by atoms with Gasteiger partial charge in [-0.3, -0.25) is 4.79 Å². The van der Waals surface area contributed by atoms with E-state index >= 15 is 0 Å². The van der Waals surface area contributed by atoms with Crippen molar-refractivity contribution >= 4 is 5.91 Å². The smallest absolute Gasteiger partial charge is 0.253 e. The van der Waals surface area contributed by atoms with Crippen LogP contribution < -0.4 is 4.74 Å². The minimum absolute atomic E-state index is 0.0882. The Bertz CT molecular complexity index is 420. The maximum Gasteiger partial charge on any atom is 0.253 e. The first kappa shape index (κ1) is 13.0. The molecule has 1 amide bonds. The molecule has 0 aliphatic heterocycles. The number of carbonyl (C=O) groups is 1. The van der Waals surface area contributed by atoms with Crippen molar-refractivity contribution in [1.29, 1.82) is 5.26 Å². The molecule has 0 spiro atoms. The number of ether oxygens (including phenoxy) is 1. The summed E-state index contributed by atoms with van der Waals surface area (Å²) in [7, 11) is 3.28. The van der Waals surface area contributed by atoms with E-state index in [2.05, 4.69) is 6.07 Å². The highest BCUT2D eigenvalue weighted by Gasteiger charge is 2.13. The van der Waals surface area contributed by atoms with Gasteiger partial charge in [0.2, 0.25) is 0 Å². The van der Waals surface area contributed by atoms with Gasteiger partial charge in [0, 0.05) is 19.2 Å². The molecule has 1 aromatic rings. The summed E-state index contributed by atoms with van der Waals surface area (Å²) in [6.07, 6.45) is 0. The van der Waals surface area contributed by atoms with Gasteiger partial charge in [-0.05, 0) is 31.2 Å². The Labute approximate surface area is 101 Å². The van der Waals surface area contributed by atoms with Gasteiger partial charge in [-0.2, -0.15) is 5.26 Å². The van der Waals surface area contributed by atoms with E-state index in [1.165, 1.54) is 0 Å². The number of methoxy groups -OCH3 is 1. The molecule has 0 bridgehead atoms. The van der Waals surface area contributed by atoms with E-state index in [4.69, 9.17) is 10.00 Å². The fourth-order valence-corrected chi connectivity index (χ4v) is 1.49. The molecule has 1 unspecified atom stereocenters. The summed E-state index contributed by atoms with van der Waals surface area (Å²) < 4.78 is 5.02. The predicted octanol–water partition coefficient (Wildman–Crippen LogP) is 1.93. The van der Waals surface area contributed by atoms with Gasteiger partial charge in [-0.15, -0.1) is 0 Å². The lowest BCUT2D eigenvalue weighted by Gasteiger charge is -2.18. The lowest BCUT2D eigenvalue weighted by atomic mass is 10.1. The standard InChI is InChI=1S/C13H16N2O2/c1-10(8-14)9-15(2)13(16)11-4-6-12(17-3)7-5-11/h4-7,10H,9H2,1-3H3. The largest absolute Gasteiger partial charge is 0.497 e. The zero-order valence-electron chi connectivity index (χ0n) is 10.3. The zero-order chi connectivity index (χ0) is 12.8. The molecule has 0 fully saturated rings. The van der Waals surface area contributed by atoms with Crippen LogP contribution in [-0.2, 0) is 0 Å². The molecule has 17 heavy (non-hydrogen) atoms. The van der Waals surface area contributed by atoms with Gasteiger partial charge in [-0.25, -0.2) is 0 Å². The number of hydrogen-bond acceptors (Lipinski definition) is 3. The quantitative estimate of drug-likeness (QED) is 0.797. The molecular weight excluding hydrogens is 216 g/mol. The van der Waals surface area contributed by atoms with Gasteiger partial charge in [-0.1, -0.05) is 0 Å². The lowest BCUT2D eigenvalue weighted by Crippen LogP contribution is -2.30. The van der Waals surface area contributed by atoms with Crippen LogP contribution in [0.1, 0.15) is 17.3 Å². The SMILES string of the molecule is COc1ccc(C(=O)N(C)CC(C)C#N)cc1. The number of nitriles is 1. The molecule has 4 nitrogen and oxygen atoms in total. The maximum absolute atomic E-state index is 12.0. The van der Waals surface area contributed by atoms with E-state index < -0.39 is 0 Å². The summed E-state index contributed by atoms with van der Waals surface area (Å²) >= 11 is 0. The second-order valence-corrected chi connectivity index (χ2v) is 3.94. The second-order valence-electron chi connectivity index (χ2n) is 3.94. The fraction of sp³-hybridized carbons (Fsp3) is 0.385. The van der Waals surface area contributed by atoms with E-state index in [-0.39, 0.29) is 11.8 Å². The number of hydrogen-bond donors (Lipinski definition) is 0. The second kappa shape index (κ2) is 5.90. The third-order valence-electron chi connectivity index (χ3n) is 2.45. The number of benzene rings is 1. The molecule has 0 N–H and O–H groups in total. The highest BCUT2D eigenvalue weighted by atomic mass is 16.5. The van der Waals surface area contributed by atoms with Crippen LogP contribution in [0.25, 0.3) is 0 Å². The molecule has 0 saturated heterocycles. The van der Waals surface area contributed by atoms with Gasteiger partial charge in [0.1, 0.15) is 5.75 Å². The molecule has 0 heterocycles. The number of rotatable bonds is 4. The Morgan fingerprint density at radius 2 is 2.06 bits per heavy atom. The van der Waals surface area contributed by atoms with Gasteiger partial charge < -0.3 is 9.64 Å². The van der Waals surface area contributed by atoms with E-state index in [1.54, 1.807) is 50.2 Å². The lowest BCUT2D eigenvalue weighted by molar-refractivity contribution is 0.0785. The third-order valence-corrected chi connectivity index (χ3v) is 2.45. The number of nitrogens with zero attached hydrogens (tertiary/aromatic N) is 2. The Balaban J connectivity index is 2.72. The van der Waals surface area contributed by atoms with Crippen LogP contribution in [0.15, 0.2) is 24.3 Å². The molecule has 0 saturated carbocycles. The average Bonchev–Trinajstić information content (AvgIpc) is 2.37. The van der Waals surface area contributed by atoms with Gasteiger partial charge in [0.25, 0.3) is 5.91 Å². The molecule has 0 aliphatic carbocycles. The Hall–Kier alpha value is -2.02. The topological polar surface area (TPSA) is 53.3 Å². The van der Waals surface area contributed by atoms with Crippen LogP contribution in [0.5, 0.6) is 5.75 Å². The highest BCUT2D eigenvalue weighted by Crippen LogP contribution is 2.13. The van der Waals surface area contributed by atoms with Crippen molar-refractivity contribution in [1.82, 2.24) is 4.90 Å². The molecule has 0 aromatic heterocycles. The molecule has 1 rings (SSSR count). The predicted molar refractivity (Wildman–Crippen MR) is 64.7 cm³/mol. The normalized spacial score (nSPS) is 11.4. The van der Waals surface area contributed by atoms with Crippen molar-refractivity contribution in [2.45, 2.75) is 6.92 Å². The first-order valence-corrected chi connectivity index (χ1v) is 5.37. The molecular formula is C13H16N2O2. The monoisotopic (exact) mass is 232 g/mol. The van der Waals surface area contributed by atoms with Crippen LogP contribution in [0.2, 0.25) is 0 Å². The molecule has 1 atom stereocenters. The van der Waals surface area contributed by atoms with Crippen LogP contribution in [0, 0.1) is 17.2 Å². The Kier molecular flexibility index (Phi) is 4.53. The van der Waals surface area contributed by atoms with E-state index in [9.17, 15) is 4.79 Å². The fourth-order valence-electron chi connectivity index (χ4n) is 1.49. The number of amides is 1. The van der Waals surface area contributed by atoms with Gasteiger partial charge >= 0.3 is 0 Å². The Morgan fingerprint density at radius 1 is 1.47 bits per heavy atom. The van der Waals surface area contributed by atoms with E-state index in [0.717, 1.165) is 5.75 Å². The first-order valence-electron chi connectivity index (χ1n) is 5.37. The summed E-state index contributed by atoms with van der Waals surface area (Å²) in [5.41, 5.74) is 0.596. The van der Waals surface area contributed by atoms with Crippen molar-refractivity contribution in [3.8, 4) is 11.8 Å². The number of carbonyl (C=O) groups excluding carboxylic acids is 1. The molecule has 1 aromatic carbocycles. The first-order chi connectivity index (χ1) is 8.08. The highest BCUT2D eigenvalue weighted by molar-refractivity contribution is 5.94. The van der Waals surface area contributed by atoms with E-state index in [1.807, 2.05) is 0 Å². The molecule has 90 valence electrons. The van der Waals surface area contributed by atoms with Crippen LogP contribution in [0.4, 0.5) is 0 Å². The summed E-state index contributed by atoms with van der Waals surface area (Å²) in [6.45, 7) is 2.22. The molecule has 0 radical (unpaired) electrons.